The minimum absolute atomic E-state index is 0.149. The van der Waals surface area contributed by atoms with Gasteiger partial charge in [-0.05, 0) is 34.2 Å². The second kappa shape index (κ2) is 4.56. The Bertz CT molecular complexity index is 472. The number of nitrogens with two attached hydrogens (primary N) is 1. The predicted molar refractivity (Wildman–Crippen MR) is 72.8 cm³/mol. The van der Waals surface area contributed by atoms with Crippen LogP contribution in [0.25, 0.3) is 10.1 Å². The molecule has 1 aromatic heterocycles. The summed E-state index contributed by atoms with van der Waals surface area (Å²) in [5, 5.41) is 3.54. The molecule has 0 aliphatic rings. The first-order valence-electron chi connectivity index (χ1n) is 5.83. The zero-order chi connectivity index (χ0) is 11.7. The van der Waals surface area contributed by atoms with E-state index in [0.717, 1.165) is 0 Å². The molecular weight excluding hydrogens is 214 g/mol. The lowest BCUT2D eigenvalue weighted by molar-refractivity contribution is 0.354. The standard InChI is InChI=1S/C14H19NS/c1-9(2)10(3)14(15)12-8-16-13-7-5-4-6-11(12)13/h4-10,14H,15H2,1-3H3. The van der Waals surface area contributed by atoms with Crippen LogP contribution in [0.3, 0.4) is 0 Å². The molecule has 0 aliphatic heterocycles. The number of fused-ring (bicyclic) bond motifs is 1. The molecule has 2 aromatic rings. The Kier molecular flexibility index (Phi) is 3.31. The van der Waals surface area contributed by atoms with Crippen molar-refractivity contribution in [2.45, 2.75) is 26.8 Å². The summed E-state index contributed by atoms with van der Waals surface area (Å²) in [6.45, 7) is 6.71. The molecule has 0 bridgehead atoms. The lowest BCUT2D eigenvalue weighted by Gasteiger charge is -2.23. The third kappa shape index (κ3) is 2.00. The number of hydrogen-bond acceptors (Lipinski definition) is 2. The Labute approximate surface area is 101 Å². The van der Waals surface area contributed by atoms with Gasteiger partial charge in [0, 0.05) is 10.7 Å². The van der Waals surface area contributed by atoms with Crippen LogP contribution in [0, 0.1) is 11.8 Å². The maximum Gasteiger partial charge on any atom is 0.0346 e. The first-order valence-corrected chi connectivity index (χ1v) is 6.71. The summed E-state index contributed by atoms with van der Waals surface area (Å²) < 4.78 is 1.34. The molecule has 2 N–H and O–H groups in total. The van der Waals surface area contributed by atoms with Gasteiger partial charge in [0.05, 0.1) is 0 Å². The number of hydrogen-bond donors (Lipinski definition) is 1. The highest BCUT2D eigenvalue weighted by Gasteiger charge is 2.20. The predicted octanol–water partition coefficient (Wildman–Crippen LogP) is 4.19. The summed E-state index contributed by atoms with van der Waals surface area (Å²) >= 11 is 1.79. The summed E-state index contributed by atoms with van der Waals surface area (Å²) in [6, 6.07) is 8.66. The lowest BCUT2D eigenvalue weighted by atomic mass is 9.87. The molecule has 1 nitrogen and oxygen atoms in total. The maximum absolute atomic E-state index is 6.36. The highest BCUT2D eigenvalue weighted by Crippen LogP contribution is 2.34. The zero-order valence-corrected chi connectivity index (χ0v) is 10.9. The largest absolute Gasteiger partial charge is 0.324 e. The molecule has 1 aromatic carbocycles. The number of rotatable bonds is 3. The zero-order valence-electron chi connectivity index (χ0n) is 10.1. The second-order valence-corrected chi connectivity index (χ2v) is 5.73. The van der Waals surface area contributed by atoms with Crippen molar-refractivity contribution in [3.05, 3.63) is 35.2 Å². The van der Waals surface area contributed by atoms with Gasteiger partial charge in [-0.15, -0.1) is 11.3 Å². The van der Waals surface area contributed by atoms with E-state index in [1.807, 2.05) is 0 Å². The number of benzene rings is 1. The molecule has 0 aliphatic carbocycles. The Morgan fingerprint density at radius 1 is 1.12 bits per heavy atom. The Balaban J connectivity index is 2.40. The van der Waals surface area contributed by atoms with Gasteiger partial charge < -0.3 is 5.73 Å². The van der Waals surface area contributed by atoms with Gasteiger partial charge in [0.2, 0.25) is 0 Å². The van der Waals surface area contributed by atoms with Gasteiger partial charge in [-0.2, -0.15) is 0 Å². The van der Waals surface area contributed by atoms with E-state index in [1.54, 1.807) is 11.3 Å². The summed E-state index contributed by atoms with van der Waals surface area (Å²) in [4.78, 5) is 0. The minimum atomic E-state index is 0.149. The van der Waals surface area contributed by atoms with Crippen LogP contribution in [-0.4, -0.2) is 0 Å². The van der Waals surface area contributed by atoms with Crippen LogP contribution in [0.15, 0.2) is 29.6 Å². The quantitative estimate of drug-likeness (QED) is 0.845. The molecule has 1 heterocycles. The highest BCUT2D eigenvalue weighted by atomic mass is 32.1. The van der Waals surface area contributed by atoms with Gasteiger partial charge in [-0.1, -0.05) is 39.0 Å². The molecule has 16 heavy (non-hydrogen) atoms. The lowest BCUT2D eigenvalue weighted by Crippen LogP contribution is -2.22. The monoisotopic (exact) mass is 233 g/mol. The molecule has 2 rings (SSSR count). The SMILES string of the molecule is CC(C)C(C)C(N)c1csc2ccccc12. The van der Waals surface area contributed by atoms with Crippen LogP contribution >= 0.6 is 11.3 Å². The number of thiophene rings is 1. The van der Waals surface area contributed by atoms with Crippen molar-refractivity contribution in [2.24, 2.45) is 17.6 Å². The molecule has 2 unspecified atom stereocenters. The van der Waals surface area contributed by atoms with Crippen molar-refractivity contribution in [1.82, 2.24) is 0 Å². The van der Waals surface area contributed by atoms with Crippen LogP contribution in [-0.2, 0) is 0 Å². The van der Waals surface area contributed by atoms with E-state index in [1.165, 1.54) is 15.6 Å². The van der Waals surface area contributed by atoms with E-state index in [0.29, 0.717) is 11.8 Å². The van der Waals surface area contributed by atoms with E-state index in [2.05, 4.69) is 50.4 Å². The molecular formula is C14H19NS. The first-order chi connectivity index (χ1) is 7.61. The molecule has 0 saturated heterocycles. The van der Waals surface area contributed by atoms with Gasteiger partial charge in [-0.25, -0.2) is 0 Å². The van der Waals surface area contributed by atoms with Crippen LogP contribution in [0.2, 0.25) is 0 Å². The molecule has 0 saturated carbocycles. The average molecular weight is 233 g/mol. The fourth-order valence-electron chi connectivity index (χ4n) is 1.95. The van der Waals surface area contributed by atoms with Crippen LogP contribution in [0.1, 0.15) is 32.4 Å². The van der Waals surface area contributed by atoms with Gasteiger partial charge in [0.15, 0.2) is 0 Å². The van der Waals surface area contributed by atoms with Crippen LogP contribution in [0.4, 0.5) is 0 Å². The molecule has 2 atom stereocenters. The van der Waals surface area contributed by atoms with Crippen molar-refractivity contribution >= 4 is 21.4 Å². The van der Waals surface area contributed by atoms with E-state index < -0.39 is 0 Å². The third-order valence-corrected chi connectivity index (χ3v) is 4.47. The van der Waals surface area contributed by atoms with E-state index in [-0.39, 0.29) is 6.04 Å². The summed E-state index contributed by atoms with van der Waals surface area (Å²) in [6.07, 6.45) is 0. The summed E-state index contributed by atoms with van der Waals surface area (Å²) in [7, 11) is 0. The Hall–Kier alpha value is -0.860. The first kappa shape index (κ1) is 11.6. The van der Waals surface area contributed by atoms with Crippen molar-refractivity contribution in [2.75, 3.05) is 0 Å². The van der Waals surface area contributed by atoms with Crippen molar-refractivity contribution < 1.29 is 0 Å². The summed E-state index contributed by atoms with van der Waals surface area (Å²) in [5.41, 5.74) is 7.66. The minimum Gasteiger partial charge on any atom is -0.324 e. The van der Waals surface area contributed by atoms with Crippen LogP contribution in [0.5, 0.6) is 0 Å². The average Bonchev–Trinajstić information content (AvgIpc) is 2.70. The van der Waals surface area contributed by atoms with Crippen molar-refractivity contribution in [1.29, 1.82) is 0 Å². The van der Waals surface area contributed by atoms with E-state index in [9.17, 15) is 0 Å². The smallest absolute Gasteiger partial charge is 0.0346 e. The molecule has 0 radical (unpaired) electrons. The normalized spacial score (nSPS) is 15.6. The highest BCUT2D eigenvalue weighted by molar-refractivity contribution is 7.17. The third-order valence-electron chi connectivity index (χ3n) is 3.49. The van der Waals surface area contributed by atoms with Crippen LogP contribution < -0.4 is 5.73 Å². The van der Waals surface area contributed by atoms with Gasteiger partial charge in [0.1, 0.15) is 0 Å². The van der Waals surface area contributed by atoms with Crippen molar-refractivity contribution in [3.63, 3.8) is 0 Å². The molecule has 2 heteroatoms. The van der Waals surface area contributed by atoms with Gasteiger partial charge >= 0.3 is 0 Å². The maximum atomic E-state index is 6.36. The van der Waals surface area contributed by atoms with Gasteiger partial charge in [-0.3, -0.25) is 0 Å². The van der Waals surface area contributed by atoms with E-state index in [4.69, 9.17) is 5.73 Å². The fraction of sp³-hybridized carbons (Fsp3) is 0.429. The molecule has 86 valence electrons. The van der Waals surface area contributed by atoms with E-state index >= 15 is 0 Å². The van der Waals surface area contributed by atoms with Gasteiger partial charge in [0.25, 0.3) is 0 Å². The fourth-order valence-corrected chi connectivity index (χ4v) is 2.96. The second-order valence-electron chi connectivity index (χ2n) is 4.82. The molecule has 0 fully saturated rings. The molecule has 0 spiro atoms. The summed E-state index contributed by atoms with van der Waals surface area (Å²) in [5.74, 6) is 1.13. The Morgan fingerprint density at radius 3 is 2.50 bits per heavy atom. The Morgan fingerprint density at radius 2 is 1.81 bits per heavy atom. The topological polar surface area (TPSA) is 26.0 Å². The molecule has 0 amide bonds. The van der Waals surface area contributed by atoms with Crippen molar-refractivity contribution in [3.8, 4) is 0 Å².